The minimum absolute atomic E-state index is 0.135. The van der Waals surface area contributed by atoms with Crippen molar-refractivity contribution in [1.82, 2.24) is 9.55 Å². The summed E-state index contributed by atoms with van der Waals surface area (Å²) in [6.07, 6.45) is 5.93. The maximum atomic E-state index is 12.2. The highest BCUT2D eigenvalue weighted by atomic mass is 32.2. The van der Waals surface area contributed by atoms with E-state index in [4.69, 9.17) is 4.74 Å². The van der Waals surface area contributed by atoms with Crippen LogP contribution in [0.3, 0.4) is 0 Å². The molecular formula is C17H22N4O4S. The lowest BCUT2D eigenvalue weighted by Gasteiger charge is -2.27. The van der Waals surface area contributed by atoms with Gasteiger partial charge in [0.15, 0.2) is 0 Å². The number of nitrogens with zero attached hydrogens (tertiary/aromatic N) is 2. The van der Waals surface area contributed by atoms with Crippen LogP contribution < -0.4 is 14.8 Å². The fourth-order valence-electron chi connectivity index (χ4n) is 3.23. The smallest absolute Gasteiger partial charge is 0.229 e. The normalized spacial score (nSPS) is 16.7. The van der Waals surface area contributed by atoms with Crippen molar-refractivity contribution in [3.8, 4) is 5.75 Å². The summed E-state index contributed by atoms with van der Waals surface area (Å²) in [4.78, 5) is 16.7. The predicted molar refractivity (Wildman–Crippen MR) is 99.1 cm³/mol. The van der Waals surface area contributed by atoms with E-state index in [-0.39, 0.29) is 23.9 Å². The molecule has 2 N–H and O–H groups in total. The molecule has 0 saturated heterocycles. The molecule has 2 aromatic rings. The van der Waals surface area contributed by atoms with Gasteiger partial charge in [0.2, 0.25) is 15.9 Å². The second-order valence-electron chi connectivity index (χ2n) is 6.30. The Morgan fingerprint density at radius 2 is 2.19 bits per heavy atom. The lowest BCUT2D eigenvalue weighted by atomic mass is 9.89. The minimum atomic E-state index is -3.48. The Bertz CT molecular complexity index is 936. The van der Waals surface area contributed by atoms with Crippen molar-refractivity contribution in [2.75, 3.05) is 23.4 Å². The van der Waals surface area contributed by atoms with Gasteiger partial charge in [-0.3, -0.25) is 9.52 Å². The number of carbonyl (C=O) groups is 1. The van der Waals surface area contributed by atoms with E-state index in [1.165, 1.54) is 7.11 Å². The molecule has 0 fully saturated rings. The van der Waals surface area contributed by atoms with E-state index < -0.39 is 10.0 Å². The van der Waals surface area contributed by atoms with Crippen molar-refractivity contribution >= 4 is 27.3 Å². The van der Waals surface area contributed by atoms with Crippen molar-refractivity contribution in [1.29, 1.82) is 0 Å². The zero-order valence-electron chi connectivity index (χ0n) is 14.9. The number of aromatic nitrogens is 2. The number of carbonyl (C=O) groups excluding carboxylic acids is 1. The molecule has 1 atom stereocenters. The van der Waals surface area contributed by atoms with E-state index in [2.05, 4.69) is 21.9 Å². The van der Waals surface area contributed by atoms with E-state index in [0.29, 0.717) is 11.4 Å². The van der Waals surface area contributed by atoms with E-state index in [1.807, 2.05) is 10.8 Å². The molecule has 26 heavy (non-hydrogen) atoms. The summed E-state index contributed by atoms with van der Waals surface area (Å²) in [7, 11) is -2.00. The quantitative estimate of drug-likeness (QED) is 0.802. The molecule has 0 radical (unpaired) electrons. The fourth-order valence-corrected chi connectivity index (χ4v) is 3.79. The molecule has 1 aromatic heterocycles. The van der Waals surface area contributed by atoms with E-state index in [0.717, 1.165) is 30.6 Å². The molecule has 1 amide bonds. The van der Waals surface area contributed by atoms with Crippen molar-refractivity contribution in [3.05, 3.63) is 35.9 Å². The summed E-state index contributed by atoms with van der Waals surface area (Å²) in [5.41, 5.74) is 1.69. The molecule has 140 valence electrons. The number of sulfonamides is 1. The molecule has 1 aliphatic rings. The van der Waals surface area contributed by atoms with Crippen LogP contribution >= 0.6 is 0 Å². The number of imidazole rings is 1. The highest BCUT2D eigenvalue weighted by Crippen LogP contribution is 2.42. The number of rotatable bonds is 6. The number of fused-ring (bicyclic) bond motifs is 1. The summed E-state index contributed by atoms with van der Waals surface area (Å²) >= 11 is 0. The highest BCUT2D eigenvalue weighted by Gasteiger charge is 2.31. The monoisotopic (exact) mass is 378 g/mol. The molecule has 9 heteroatoms. The van der Waals surface area contributed by atoms with Gasteiger partial charge in [-0.25, -0.2) is 13.4 Å². The Morgan fingerprint density at radius 3 is 2.85 bits per heavy atom. The minimum Gasteiger partial charge on any atom is -0.495 e. The zero-order valence-corrected chi connectivity index (χ0v) is 15.8. The fraction of sp³-hybridized carbons (Fsp3) is 0.412. The van der Waals surface area contributed by atoms with Gasteiger partial charge in [0.25, 0.3) is 0 Å². The summed E-state index contributed by atoms with van der Waals surface area (Å²) in [5.74, 6) is 0.850. The second kappa shape index (κ2) is 6.99. The van der Waals surface area contributed by atoms with Crippen molar-refractivity contribution < 1.29 is 17.9 Å². The van der Waals surface area contributed by atoms with Crippen LogP contribution in [0.1, 0.15) is 37.1 Å². The Morgan fingerprint density at radius 1 is 1.42 bits per heavy atom. The van der Waals surface area contributed by atoms with Crippen LogP contribution in [0, 0.1) is 0 Å². The Kier molecular flexibility index (Phi) is 4.90. The number of nitrogens with one attached hydrogen (secondary N) is 2. The van der Waals surface area contributed by atoms with Gasteiger partial charge in [-0.2, -0.15) is 0 Å². The van der Waals surface area contributed by atoms with Crippen LogP contribution in [0.2, 0.25) is 0 Å². The van der Waals surface area contributed by atoms with Crippen molar-refractivity contribution in [2.45, 2.75) is 32.2 Å². The number of methoxy groups -OCH3 is 1. The van der Waals surface area contributed by atoms with Crippen LogP contribution in [0.15, 0.2) is 24.5 Å². The second-order valence-corrected chi connectivity index (χ2v) is 8.05. The maximum absolute atomic E-state index is 12.2. The molecule has 0 saturated carbocycles. The molecule has 0 spiro atoms. The molecule has 8 nitrogen and oxygen atoms in total. The number of anilines is 2. The summed E-state index contributed by atoms with van der Waals surface area (Å²) in [6, 6.07) is 3.35. The number of hydrogen-bond donors (Lipinski definition) is 2. The number of amides is 1. The third-order valence-electron chi connectivity index (χ3n) is 4.23. The standard InChI is InChI=1S/C17H22N4O4S/c1-4-6-21-7-5-18-17(21)12-9-16(22)19-13-10-14(20-26(3,23)24)15(25-2)8-11(12)13/h5,7-8,10,12,20H,4,6,9H2,1-3H3,(H,19,22)/t12-/m1/s1. The lowest BCUT2D eigenvalue weighted by Crippen LogP contribution is -2.26. The topological polar surface area (TPSA) is 102 Å². The van der Waals surface area contributed by atoms with Crippen LogP contribution in [0.4, 0.5) is 11.4 Å². The number of ether oxygens (including phenoxy) is 1. The number of aryl methyl sites for hydroxylation is 1. The Balaban J connectivity index is 2.10. The first-order valence-electron chi connectivity index (χ1n) is 8.33. The summed E-state index contributed by atoms with van der Waals surface area (Å²) in [6.45, 7) is 2.89. The first kappa shape index (κ1) is 18.2. The highest BCUT2D eigenvalue weighted by molar-refractivity contribution is 7.92. The predicted octanol–water partition coefficient (Wildman–Crippen LogP) is 2.15. The lowest BCUT2D eigenvalue weighted by molar-refractivity contribution is -0.116. The van der Waals surface area contributed by atoms with Gasteiger partial charge in [0.05, 0.1) is 25.0 Å². The first-order valence-corrected chi connectivity index (χ1v) is 10.2. The van der Waals surface area contributed by atoms with Crippen LogP contribution in [0.5, 0.6) is 5.75 Å². The zero-order chi connectivity index (χ0) is 18.9. The van der Waals surface area contributed by atoms with E-state index in [1.54, 1.807) is 18.3 Å². The number of benzene rings is 1. The van der Waals surface area contributed by atoms with Crippen LogP contribution in [0.25, 0.3) is 0 Å². The average molecular weight is 378 g/mol. The van der Waals surface area contributed by atoms with Gasteiger partial charge in [-0.15, -0.1) is 0 Å². The summed E-state index contributed by atoms with van der Waals surface area (Å²) in [5, 5.41) is 2.81. The van der Waals surface area contributed by atoms with Crippen LogP contribution in [-0.4, -0.2) is 37.2 Å². The number of hydrogen-bond acceptors (Lipinski definition) is 5. The van der Waals surface area contributed by atoms with Crippen molar-refractivity contribution in [2.24, 2.45) is 0 Å². The molecule has 0 bridgehead atoms. The molecule has 2 heterocycles. The van der Waals surface area contributed by atoms with Crippen molar-refractivity contribution in [3.63, 3.8) is 0 Å². The largest absolute Gasteiger partial charge is 0.495 e. The third-order valence-corrected chi connectivity index (χ3v) is 4.82. The molecule has 0 aliphatic carbocycles. The van der Waals surface area contributed by atoms with Gasteiger partial charge < -0.3 is 14.6 Å². The van der Waals surface area contributed by atoms with Crippen LogP contribution in [-0.2, 0) is 21.4 Å². The SMILES string of the molecule is CCCn1ccnc1[C@@H]1CC(=O)Nc2cc(NS(C)(=O)=O)c(OC)cc21. The Hall–Kier alpha value is -2.55. The first-order chi connectivity index (χ1) is 12.3. The average Bonchev–Trinajstić information content (AvgIpc) is 3.00. The van der Waals surface area contributed by atoms with Gasteiger partial charge >= 0.3 is 0 Å². The molecular weight excluding hydrogens is 356 g/mol. The van der Waals surface area contributed by atoms with Gasteiger partial charge in [-0.05, 0) is 24.1 Å². The van der Waals surface area contributed by atoms with E-state index >= 15 is 0 Å². The molecule has 1 aromatic carbocycles. The van der Waals surface area contributed by atoms with E-state index in [9.17, 15) is 13.2 Å². The van der Waals surface area contributed by atoms with Gasteiger partial charge in [0.1, 0.15) is 11.6 Å². The Labute approximate surface area is 152 Å². The summed E-state index contributed by atoms with van der Waals surface area (Å²) < 4.78 is 33.0. The van der Waals surface area contributed by atoms with Gasteiger partial charge in [0, 0.05) is 31.0 Å². The maximum Gasteiger partial charge on any atom is 0.229 e. The molecule has 3 rings (SSSR count). The molecule has 1 aliphatic heterocycles. The molecule has 0 unspecified atom stereocenters. The van der Waals surface area contributed by atoms with Gasteiger partial charge in [-0.1, -0.05) is 6.92 Å². The third kappa shape index (κ3) is 3.67.